The summed E-state index contributed by atoms with van der Waals surface area (Å²) in [6.45, 7) is 4.89. The Labute approximate surface area is 143 Å². The van der Waals surface area contributed by atoms with Crippen LogP contribution in [-0.4, -0.2) is 48.3 Å². The molecule has 1 aliphatic heterocycles. The lowest BCUT2D eigenvalue weighted by Gasteiger charge is -2.22. The Morgan fingerprint density at radius 3 is 3.00 bits per heavy atom. The largest absolute Gasteiger partial charge is 0.395 e. The van der Waals surface area contributed by atoms with Gasteiger partial charge in [-0.05, 0) is 63.4 Å². The summed E-state index contributed by atoms with van der Waals surface area (Å²) < 4.78 is 0. The molecule has 3 N–H and O–H groups in total. The number of rotatable bonds is 7. The highest BCUT2D eigenvalue weighted by Gasteiger charge is 2.22. The molecule has 5 nitrogen and oxygen atoms in total. The van der Waals surface area contributed by atoms with Crippen molar-refractivity contribution in [2.75, 3.05) is 31.6 Å². The van der Waals surface area contributed by atoms with E-state index in [-0.39, 0.29) is 12.6 Å². The maximum Gasteiger partial charge on any atom is 0.319 e. The van der Waals surface area contributed by atoms with Gasteiger partial charge in [0.15, 0.2) is 0 Å². The van der Waals surface area contributed by atoms with Crippen molar-refractivity contribution in [3.8, 4) is 0 Å². The van der Waals surface area contributed by atoms with Gasteiger partial charge in [-0.3, -0.25) is 4.90 Å². The van der Waals surface area contributed by atoms with Gasteiger partial charge in [0.2, 0.25) is 0 Å². The lowest BCUT2D eigenvalue weighted by Crippen LogP contribution is -2.34. The van der Waals surface area contributed by atoms with Crippen LogP contribution in [0.1, 0.15) is 31.2 Å². The number of nitrogens with zero attached hydrogens (tertiary/aromatic N) is 1. The predicted octanol–water partition coefficient (Wildman–Crippen LogP) is 3.01. The van der Waals surface area contributed by atoms with E-state index in [4.69, 9.17) is 11.6 Å². The van der Waals surface area contributed by atoms with E-state index in [1.54, 1.807) is 6.07 Å². The Bertz CT molecular complexity index is 525. The zero-order valence-corrected chi connectivity index (χ0v) is 14.4. The SMILES string of the molecule is Cc1ccc(NC(=O)NCCCCN2CCCC2CO)c(Cl)c1. The summed E-state index contributed by atoms with van der Waals surface area (Å²) in [6.07, 6.45) is 4.20. The Balaban J connectivity index is 1.61. The number of aliphatic hydroxyl groups excluding tert-OH is 1. The summed E-state index contributed by atoms with van der Waals surface area (Å²) in [5.74, 6) is 0. The van der Waals surface area contributed by atoms with Gasteiger partial charge in [-0.1, -0.05) is 17.7 Å². The van der Waals surface area contributed by atoms with Crippen LogP contribution < -0.4 is 10.6 Å². The number of urea groups is 1. The molecule has 1 heterocycles. The summed E-state index contributed by atoms with van der Waals surface area (Å²) in [4.78, 5) is 14.2. The molecule has 1 aromatic rings. The molecule has 1 aromatic carbocycles. The third-order valence-electron chi connectivity index (χ3n) is 4.24. The lowest BCUT2D eigenvalue weighted by atomic mass is 10.2. The Hall–Kier alpha value is -1.30. The van der Waals surface area contributed by atoms with Crippen molar-refractivity contribution in [3.05, 3.63) is 28.8 Å². The number of likely N-dealkylation sites (tertiary alicyclic amines) is 1. The minimum absolute atomic E-state index is 0.231. The van der Waals surface area contributed by atoms with Gasteiger partial charge in [-0.15, -0.1) is 0 Å². The first kappa shape index (κ1) is 18.0. The van der Waals surface area contributed by atoms with E-state index in [1.165, 1.54) is 6.42 Å². The van der Waals surface area contributed by atoms with Crippen molar-refractivity contribution in [2.45, 2.75) is 38.6 Å². The molecule has 1 fully saturated rings. The summed E-state index contributed by atoms with van der Waals surface area (Å²) in [5, 5.41) is 15.4. The Kier molecular flexibility index (Phi) is 7.15. The number of carbonyl (C=O) groups is 1. The van der Waals surface area contributed by atoms with E-state index in [2.05, 4.69) is 15.5 Å². The van der Waals surface area contributed by atoms with Crippen LogP contribution in [0.5, 0.6) is 0 Å². The number of unbranched alkanes of at least 4 members (excludes halogenated alkanes) is 1. The van der Waals surface area contributed by atoms with Gasteiger partial charge >= 0.3 is 6.03 Å². The zero-order valence-electron chi connectivity index (χ0n) is 13.6. The molecule has 0 aromatic heterocycles. The third kappa shape index (κ3) is 5.68. The van der Waals surface area contributed by atoms with Gasteiger partial charge in [0, 0.05) is 12.6 Å². The van der Waals surface area contributed by atoms with Gasteiger partial charge in [0.05, 0.1) is 17.3 Å². The molecular weight excluding hydrogens is 314 g/mol. The van der Waals surface area contributed by atoms with E-state index in [0.29, 0.717) is 23.3 Å². The average Bonchev–Trinajstić information content (AvgIpc) is 2.97. The van der Waals surface area contributed by atoms with E-state index >= 15 is 0 Å². The van der Waals surface area contributed by atoms with Crippen LogP contribution in [0.4, 0.5) is 10.5 Å². The molecule has 0 spiro atoms. The van der Waals surface area contributed by atoms with E-state index in [1.807, 2.05) is 19.1 Å². The highest BCUT2D eigenvalue weighted by atomic mass is 35.5. The summed E-state index contributed by atoms with van der Waals surface area (Å²) in [7, 11) is 0. The molecule has 2 amide bonds. The number of benzene rings is 1. The molecule has 1 aliphatic rings. The van der Waals surface area contributed by atoms with E-state index < -0.39 is 0 Å². The van der Waals surface area contributed by atoms with E-state index in [9.17, 15) is 9.90 Å². The minimum Gasteiger partial charge on any atom is -0.395 e. The smallest absolute Gasteiger partial charge is 0.319 e. The number of halogens is 1. The molecule has 128 valence electrons. The number of hydrogen-bond donors (Lipinski definition) is 3. The van der Waals surface area contributed by atoms with Crippen molar-refractivity contribution in [2.24, 2.45) is 0 Å². The first-order chi connectivity index (χ1) is 11.1. The lowest BCUT2D eigenvalue weighted by molar-refractivity contribution is 0.157. The Morgan fingerprint density at radius 1 is 1.43 bits per heavy atom. The molecule has 1 saturated heterocycles. The van der Waals surface area contributed by atoms with Crippen LogP contribution in [0.3, 0.4) is 0 Å². The second-order valence-corrected chi connectivity index (χ2v) is 6.49. The third-order valence-corrected chi connectivity index (χ3v) is 4.55. The second-order valence-electron chi connectivity index (χ2n) is 6.09. The number of aliphatic hydroxyl groups is 1. The fourth-order valence-corrected chi connectivity index (χ4v) is 3.21. The average molecular weight is 340 g/mol. The normalized spacial score (nSPS) is 18.1. The molecule has 0 radical (unpaired) electrons. The first-order valence-corrected chi connectivity index (χ1v) is 8.64. The van der Waals surface area contributed by atoms with E-state index in [0.717, 1.165) is 37.9 Å². The fraction of sp³-hybridized carbons (Fsp3) is 0.588. The summed E-state index contributed by atoms with van der Waals surface area (Å²) in [5.41, 5.74) is 1.68. The molecule has 2 rings (SSSR count). The van der Waals surface area contributed by atoms with Crippen molar-refractivity contribution in [1.29, 1.82) is 0 Å². The molecule has 0 saturated carbocycles. The molecule has 0 bridgehead atoms. The van der Waals surface area contributed by atoms with Crippen molar-refractivity contribution in [1.82, 2.24) is 10.2 Å². The maximum atomic E-state index is 11.8. The van der Waals surface area contributed by atoms with Crippen LogP contribution in [0.15, 0.2) is 18.2 Å². The molecule has 6 heteroatoms. The van der Waals surface area contributed by atoms with Gasteiger partial charge in [-0.25, -0.2) is 4.79 Å². The van der Waals surface area contributed by atoms with Gasteiger partial charge in [-0.2, -0.15) is 0 Å². The van der Waals surface area contributed by atoms with Crippen LogP contribution in [0.2, 0.25) is 5.02 Å². The number of amides is 2. The number of aryl methyl sites for hydroxylation is 1. The van der Waals surface area contributed by atoms with Gasteiger partial charge in [0.25, 0.3) is 0 Å². The van der Waals surface area contributed by atoms with Crippen LogP contribution >= 0.6 is 11.6 Å². The maximum absolute atomic E-state index is 11.8. The zero-order chi connectivity index (χ0) is 16.7. The van der Waals surface area contributed by atoms with Gasteiger partial charge in [0.1, 0.15) is 0 Å². The minimum atomic E-state index is -0.231. The standard InChI is InChI=1S/C17H26ClN3O2/c1-13-6-7-16(15(18)11-13)20-17(23)19-8-2-3-9-21-10-4-5-14(21)12-22/h6-7,11,14,22H,2-5,8-10,12H2,1H3,(H2,19,20,23). The number of hydrogen-bond acceptors (Lipinski definition) is 3. The van der Waals surface area contributed by atoms with Crippen LogP contribution in [0.25, 0.3) is 0 Å². The van der Waals surface area contributed by atoms with Crippen LogP contribution in [0, 0.1) is 6.92 Å². The van der Waals surface area contributed by atoms with Crippen molar-refractivity contribution in [3.63, 3.8) is 0 Å². The topological polar surface area (TPSA) is 64.6 Å². The second kappa shape index (κ2) is 9.11. The number of nitrogens with one attached hydrogen (secondary N) is 2. The highest BCUT2D eigenvalue weighted by molar-refractivity contribution is 6.33. The molecule has 1 unspecified atom stereocenters. The quantitative estimate of drug-likeness (QED) is 0.669. The molecular formula is C17H26ClN3O2. The summed E-state index contributed by atoms with van der Waals surface area (Å²) >= 11 is 6.09. The monoisotopic (exact) mass is 339 g/mol. The van der Waals surface area contributed by atoms with Crippen LogP contribution in [-0.2, 0) is 0 Å². The number of carbonyl (C=O) groups excluding carboxylic acids is 1. The summed E-state index contributed by atoms with van der Waals surface area (Å²) in [6, 6.07) is 5.64. The van der Waals surface area contributed by atoms with Crippen molar-refractivity contribution < 1.29 is 9.90 Å². The van der Waals surface area contributed by atoms with Gasteiger partial charge < -0.3 is 15.7 Å². The Morgan fingerprint density at radius 2 is 2.26 bits per heavy atom. The highest BCUT2D eigenvalue weighted by Crippen LogP contribution is 2.22. The molecule has 0 aliphatic carbocycles. The molecule has 23 heavy (non-hydrogen) atoms. The number of anilines is 1. The first-order valence-electron chi connectivity index (χ1n) is 8.26. The van der Waals surface area contributed by atoms with Crippen molar-refractivity contribution >= 4 is 23.3 Å². The predicted molar refractivity (Wildman–Crippen MR) is 94.1 cm³/mol. The molecule has 1 atom stereocenters. The fourth-order valence-electron chi connectivity index (χ4n) is 2.93.